The number of nitrogens with zero attached hydrogens (tertiary/aromatic N) is 9. The van der Waals surface area contributed by atoms with Crippen molar-refractivity contribution in [1.82, 2.24) is 40.0 Å². The molecule has 0 spiro atoms. The van der Waals surface area contributed by atoms with E-state index >= 15 is 0 Å². The molecule has 2 aliphatic heterocycles. The Bertz CT molecular complexity index is 883. The number of aromatic nitrogens is 8. The van der Waals surface area contributed by atoms with E-state index in [1.165, 1.54) is 23.9 Å². The van der Waals surface area contributed by atoms with Gasteiger partial charge in [0.1, 0.15) is 11.6 Å². The molecule has 0 N–H and O–H groups in total. The average molecular weight is 339 g/mol. The van der Waals surface area contributed by atoms with Gasteiger partial charge < -0.3 is 9.47 Å². The van der Waals surface area contributed by atoms with Crippen LogP contribution in [0.15, 0.2) is 12.1 Å². The first kappa shape index (κ1) is 14.7. The van der Waals surface area contributed by atoms with Crippen molar-refractivity contribution < 1.29 is 0 Å². The zero-order valence-electron chi connectivity index (χ0n) is 14.1. The highest BCUT2D eigenvalue weighted by atomic mass is 15.6. The molecule has 9 nitrogen and oxygen atoms in total. The fraction of sp³-hybridized carbons (Fsp3) is 0.625. The molecule has 9 heteroatoms. The summed E-state index contributed by atoms with van der Waals surface area (Å²) in [4.78, 5) is 2.31. The van der Waals surface area contributed by atoms with Crippen LogP contribution in [0.5, 0.6) is 0 Å². The Morgan fingerprint density at radius 2 is 1.96 bits per heavy atom. The quantitative estimate of drug-likeness (QED) is 0.693. The van der Waals surface area contributed by atoms with Crippen LogP contribution in [0.4, 0.5) is 5.82 Å². The molecule has 3 aromatic heterocycles. The van der Waals surface area contributed by atoms with Crippen molar-refractivity contribution in [1.29, 1.82) is 0 Å². The first-order chi connectivity index (χ1) is 12.4. The van der Waals surface area contributed by atoms with Gasteiger partial charge in [0.2, 0.25) is 0 Å². The van der Waals surface area contributed by atoms with E-state index in [-0.39, 0.29) is 0 Å². The Labute approximate surface area is 145 Å². The van der Waals surface area contributed by atoms with Crippen molar-refractivity contribution in [3.63, 3.8) is 0 Å². The summed E-state index contributed by atoms with van der Waals surface area (Å²) >= 11 is 0. The fourth-order valence-corrected chi connectivity index (χ4v) is 4.01. The number of hydrogen-bond acceptors (Lipinski definition) is 7. The summed E-state index contributed by atoms with van der Waals surface area (Å²) in [6, 6.07) is 3.91. The molecular formula is C16H21N9. The maximum Gasteiger partial charge on any atom is 0.200 e. The number of anilines is 1. The second kappa shape index (κ2) is 6.05. The van der Waals surface area contributed by atoms with Gasteiger partial charge in [-0.1, -0.05) is 6.42 Å². The topological polar surface area (TPSA) is 89.9 Å². The lowest BCUT2D eigenvalue weighted by Crippen LogP contribution is -2.36. The number of tetrazole rings is 1. The van der Waals surface area contributed by atoms with Crippen LogP contribution in [-0.4, -0.2) is 53.1 Å². The van der Waals surface area contributed by atoms with Crippen LogP contribution in [-0.2, 0) is 13.0 Å². The summed E-state index contributed by atoms with van der Waals surface area (Å²) in [6.45, 7) is 2.97. The molecule has 1 fully saturated rings. The van der Waals surface area contributed by atoms with Gasteiger partial charge in [0.15, 0.2) is 11.5 Å². The Kier molecular flexibility index (Phi) is 3.57. The smallest absolute Gasteiger partial charge is 0.200 e. The molecule has 5 rings (SSSR count). The lowest BCUT2D eigenvalue weighted by Gasteiger charge is -2.33. The van der Waals surface area contributed by atoms with E-state index in [0.29, 0.717) is 11.6 Å². The number of piperidine rings is 1. The molecule has 3 aromatic rings. The molecule has 0 bridgehead atoms. The Hall–Kier alpha value is -2.58. The van der Waals surface area contributed by atoms with Crippen LogP contribution in [0.1, 0.15) is 49.7 Å². The van der Waals surface area contributed by atoms with Crippen molar-refractivity contribution in [2.45, 2.75) is 51.0 Å². The third-order valence-electron chi connectivity index (χ3n) is 5.30. The van der Waals surface area contributed by atoms with Crippen molar-refractivity contribution in [3.8, 4) is 0 Å². The van der Waals surface area contributed by atoms with Crippen molar-refractivity contribution in [3.05, 3.63) is 23.8 Å². The van der Waals surface area contributed by atoms with Crippen molar-refractivity contribution in [2.24, 2.45) is 0 Å². The summed E-state index contributed by atoms with van der Waals surface area (Å²) in [5, 5.41) is 25.1. The van der Waals surface area contributed by atoms with Gasteiger partial charge in [0.25, 0.3) is 0 Å². The van der Waals surface area contributed by atoms with Crippen molar-refractivity contribution >= 4 is 11.5 Å². The van der Waals surface area contributed by atoms with E-state index in [4.69, 9.17) is 0 Å². The summed E-state index contributed by atoms with van der Waals surface area (Å²) in [7, 11) is 0. The molecular weight excluding hydrogens is 318 g/mol. The van der Waals surface area contributed by atoms with Crippen molar-refractivity contribution in [2.75, 3.05) is 18.0 Å². The largest absolute Gasteiger partial charge is 0.354 e. The minimum atomic E-state index is 0.402. The van der Waals surface area contributed by atoms with Gasteiger partial charge in [-0.2, -0.15) is 0 Å². The molecule has 0 radical (unpaired) electrons. The molecule has 1 atom stereocenters. The molecule has 0 aromatic carbocycles. The molecule has 25 heavy (non-hydrogen) atoms. The van der Waals surface area contributed by atoms with Crippen LogP contribution in [0.3, 0.4) is 0 Å². The second-order valence-electron chi connectivity index (χ2n) is 6.94. The molecule has 2 aliphatic rings. The van der Waals surface area contributed by atoms with E-state index in [2.05, 4.69) is 40.3 Å². The second-order valence-corrected chi connectivity index (χ2v) is 6.94. The lowest BCUT2D eigenvalue weighted by molar-refractivity contribution is 0.462. The Balaban J connectivity index is 1.41. The number of hydrogen-bond donors (Lipinski definition) is 0. The van der Waals surface area contributed by atoms with Gasteiger partial charge >= 0.3 is 0 Å². The molecule has 1 unspecified atom stereocenters. The Morgan fingerprint density at radius 1 is 0.960 bits per heavy atom. The SMILES string of the molecule is c1cc2nnnn2nc1N1CCCC(c2nnc3n2CCCCC3)C1. The third-order valence-corrected chi connectivity index (χ3v) is 5.30. The van der Waals surface area contributed by atoms with Crippen LogP contribution >= 0.6 is 0 Å². The predicted molar refractivity (Wildman–Crippen MR) is 90.3 cm³/mol. The van der Waals surface area contributed by atoms with Crippen LogP contribution in [0, 0.1) is 0 Å². The lowest BCUT2D eigenvalue weighted by atomic mass is 9.97. The highest BCUT2D eigenvalue weighted by molar-refractivity contribution is 5.45. The zero-order valence-corrected chi connectivity index (χ0v) is 14.1. The standard InChI is InChI=1S/C16H21N9/c1-2-6-13-17-19-16(24(13)10-3-1)12-5-4-9-23(11-12)15-8-7-14-18-21-22-25(14)20-15/h7-8,12H,1-6,9-11H2. The zero-order chi connectivity index (χ0) is 16.6. The maximum atomic E-state index is 4.56. The monoisotopic (exact) mass is 339 g/mol. The molecule has 0 aliphatic carbocycles. The highest BCUT2D eigenvalue weighted by Gasteiger charge is 2.28. The highest BCUT2D eigenvalue weighted by Crippen LogP contribution is 2.29. The molecule has 0 amide bonds. The number of rotatable bonds is 2. The van der Waals surface area contributed by atoms with Gasteiger partial charge in [-0.25, -0.2) is 0 Å². The molecule has 5 heterocycles. The maximum absolute atomic E-state index is 4.56. The van der Waals surface area contributed by atoms with Gasteiger partial charge in [-0.3, -0.25) is 0 Å². The van der Waals surface area contributed by atoms with Crippen LogP contribution in [0.2, 0.25) is 0 Å². The molecule has 0 saturated carbocycles. The van der Waals surface area contributed by atoms with Gasteiger partial charge in [-0.15, -0.1) is 25.0 Å². The van der Waals surface area contributed by atoms with E-state index in [0.717, 1.165) is 56.4 Å². The summed E-state index contributed by atoms with van der Waals surface area (Å²) in [6.07, 6.45) is 7.08. The number of fused-ring (bicyclic) bond motifs is 2. The minimum Gasteiger partial charge on any atom is -0.354 e. The van der Waals surface area contributed by atoms with Crippen LogP contribution in [0.25, 0.3) is 5.65 Å². The minimum absolute atomic E-state index is 0.402. The van der Waals surface area contributed by atoms with Gasteiger partial charge in [-0.05, 0) is 48.2 Å². The normalized spacial score (nSPS) is 21.3. The summed E-state index contributed by atoms with van der Waals surface area (Å²) < 4.78 is 3.86. The van der Waals surface area contributed by atoms with E-state index in [9.17, 15) is 0 Å². The first-order valence-corrected chi connectivity index (χ1v) is 9.11. The Morgan fingerprint density at radius 3 is 2.96 bits per heavy atom. The van der Waals surface area contributed by atoms with Gasteiger partial charge in [0, 0.05) is 32.0 Å². The van der Waals surface area contributed by atoms with E-state index < -0.39 is 0 Å². The number of aryl methyl sites for hydroxylation is 1. The average Bonchev–Trinajstić information content (AvgIpc) is 3.22. The predicted octanol–water partition coefficient (Wildman–Crippen LogP) is 1.22. The van der Waals surface area contributed by atoms with Crippen LogP contribution < -0.4 is 4.90 Å². The van der Waals surface area contributed by atoms with E-state index in [1.807, 2.05) is 12.1 Å². The fourth-order valence-electron chi connectivity index (χ4n) is 4.01. The summed E-state index contributed by atoms with van der Waals surface area (Å²) in [5.41, 5.74) is 0.667. The first-order valence-electron chi connectivity index (χ1n) is 9.11. The molecule has 130 valence electrons. The summed E-state index contributed by atoms with van der Waals surface area (Å²) in [5.74, 6) is 3.64. The third kappa shape index (κ3) is 2.63. The van der Waals surface area contributed by atoms with E-state index in [1.54, 1.807) is 0 Å². The van der Waals surface area contributed by atoms with Gasteiger partial charge in [0.05, 0.1) is 0 Å². The molecule has 1 saturated heterocycles.